The summed E-state index contributed by atoms with van der Waals surface area (Å²) in [7, 11) is 0. The maximum atomic E-state index is 5.37. The summed E-state index contributed by atoms with van der Waals surface area (Å²) in [6.07, 6.45) is 2.40. The van der Waals surface area contributed by atoms with Gasteiger partial charge in [0.2, 0.25) is 0 Å². The van der Waals surface area contributed by atoms with Crippen molar-refractivity contribution in [3.63, 3.8) is 0 Å². The highest BCUT2D eigenvalue weighted by Crippen LogP contribution is 2.20. The van der Waals surface area contributed by atoms with E-state index in [1.807, 2.05) is 0 Å². The zero-order valence-corrected chi connectivity index (χ0v) is 6.80. The van der Waals surface area contributed by atoms with E-state index in [2.05, 4.69) is 13.8 Å². The predicted octanol–water partition coefficient (Wildman–Crippen LogP) is 1.80. The lowest BCUT2D eigenvalue weighted by molar-refractivity contribution is -0.0850. The second-order valence-corrected chi connectivity index (χ2v) is 2.69. The lowest BCUT2D eigenvalue weighted by Crippen LogP contribution is -2.19. The average Bonchev–Trinajstić information content (AvgIpc) is 2.43. The van der Waals surface area contributed by atoms with E-state index in [1.54, 1.807) is 0 Å². The standard InChI is InChI=1S/C8H16O2/c1-3-7(4-2)8-9-5-6-10-8/h7-8H,3-6H2,1-2H3. The van der Waals surface area contributed by atoms with E-state index in [0.29, 0.717) is 5.92 Å². The van der Waals surface area contributed by atoms with Gasteiger partial charge < -0.3 is 9.47 Å². The maximum absolute atomic E-state index is 5.37. The lowest BCUT2D eigenvalue weighted by Gasteiger charge is -2.18. The van der Waals surface area contributed by atoms with Crippen LogP contribution < -0.4 is 0 Å². The molecule has 1 heterocycles. The van der Waals surface area contributed by atoms with E-state index in [1.165, 1.54) is 0 Å². The van der Waals surface area contributed by atoms with Gasteiger partial charge in [0.05, 0.1) is 13.2 Å². The molecule has 60 valence electrons. The Morgan fingerprint density at radius 2 is 1.70 bits per heavy atom. The van der Waals surface area contributed by atoms with Gasteiger partial charge in [-0.1, -0.05) is 13.8 Å². The normalized spacial score (nSPS) is 20.7. The number of ether oxygens (including phenoxy) is 2. The van der Waals surface area contributed by atoms with Gasteiger partial charge in [-0.2, -0.15) is 0 Å². The van der Waals surface area contributed by atoms with Gasteiger partial charge in [0, 0.05) is 5.92 Å². The molecule has 1 aliphatic rings. The third-order valence-electron chi connectivity index (χ3n) is 2.08. The number of hydrogen-bond donors (Lipinski definition) is 0. The Kier molecular flexibility index (Phi) is 3.16. The van der Waals surface area contributed by atoms with Gasteiger partial charge in [-0.3, -0.25) is 0 Å². The van der Waals surface area contributed by atoms with Gasteiger partial charge in [-0.15, -0.1) is 0 Å². The fraction of sp³-hybridized carbons (Fsp3) is 1.00. The van der Waals surface area contributed by atoms with Crippen molar-refractivity contribution in [2.24, 2.45) is 5.92 Å². The van der Waals surface area contributed by atoms with Crippen molar-refractivity contribution in [1.29, 1.82) is 0 Å². The third-order valence-corrected chi connectivity index (χ3v) is 2.08. The van der Waals surface area contributed by atoms with E-state index in [0.717, 1.165) is 26.1 Å². The van der Waals surface area contributed by atoms with Crippen LogP contribution in [0.4, 0.5) is 0 Å². The molecule has 1 fully saturated rings. The largest absolute Gasteiger partial charge is 0.350 e. The molecule has 2 heteroatoms. The van der Waals surface area contributed by atoms with Crippen LogP contribution >= 0.6 is 0 Å². The summed E-state index contributed by atoms with van der Waals surface area (Å²) < 4.78 is 10.7. The lowest BCUT2D eigenvalue weighted by atomic mass is 10.0. The quantitative estimate of drug-likeness (QED) is 0.601. The van der Waals surface area contributed by atoms with Crippen LogP contribution in [0.2, 0.25) is 0 Å². The first-order valence-electron chi connectivity index (χ1n) is 4.11. The van der Waals surface area contributed by atoms with Crippen molar-refractivity contribution >= 4 is 0 Å². The summed E-state index contributed by atoms with van der Waals surface area (Å²) in [6.45, 7) is 5.92. The summed E-state index contributed by atoms with van der Waals surface area (Å²) in [6, 6.07) is 0. The first-order valence-corrected chi connectivity index (χ1v) is 4.11. The number of rotatable bonds is 3. The van der Waals surface area contributed by atoms with Crippen LogP contribution in [0.3, 0.4) is 0 Å². The second-order valence-electron chi connectivity index (χ2n) is 2.69. The highest BCUT2D eigenvalue weighted by atomic mass is 16.7. The SMILES string of the molecule is CCC(CC)C1OCCO1. The van der Waals surface area contributed by atoms with Gasteiger partial charge in [0.1, 0.15) is 0 Å². The molecular formula is C8H16O2. The molecule has 0 aromatic carbocycles. The van der Waals surface area contributed by atoms with E-state index in [4.69, 9.17) is 9.47 Å². The van der Waals surface area contributed by atoms with Crippen LogP contribution in [0, 0.1) is 5.92 Å². The highest BCUT2D eigenvalue weighted by molar-refractivity contribution is 4.62. The van der Waals surface area contributed by atoms with Crippen LogP contribution in [-0.2, 0) is 9.47 Å². The molecule has 0 N–H and O–H groups in total. The smallest absolute Gasteiger partial charge is 0.160 e. The maximum Gasteiger partial charge on any atom is 0.160 e. The van der Waals surface area contributed by atoms with Crippen molar-refractivity contribution in [3.8, 4) is 0 Å². The zero-order valence-electron chi connectivity index (χ0n) is 6.80. The first-order chi connectivity index (χ1) is 4.88. The molecule has 0 saturated carbocycles. The van der Waals surface area contributed by atoms with Gasteiger partial charge in [0.25, 0.3) is 0 Å². The Labute approximate surface area is 62.5 Å². The van der Waals surface area contributed by atoms with E-state index in [9.17, 15) is 0 Å². The van der Waals surface area contributed by atoms with Crippen molar-refractivity contribution in [2.75, 3.05) is 13.2 Å². The second kappa shape index (κ2) is 3.94. The third kappa shape index (κ3) is 1.70. The molecule has 0 aromatic heterocycles. The van der Waals surface area contributed by atoms with Crippen LogP contribution in [0.5, 0.6) is 0 Å². The molecule has 0 bridgehead atoms. The fourth-order valence-electron chi connectivity index (χ4n) is 1.32. The number of hydrogen-bond acceptors (Lipinski definition) is 2. The molecule has 0 aromatic rings. The Morgan fingerprint density at radius 3 is 2.10 bits per heavy atom. The summed E-state index contributed by atoms with van der Waals surface area (Å²) in [5.41, 5.74) is 0. The van der Waals surface area contributed by atoms with Gasteiger partial charge >= 0.3 is 0 Å². The molecule has 0 atom stereocenters. The Hall–Kier alpha value is -0.0800. The molecule has 0 amide bonds. The van der Waals surface area contributed by atoms with E-state index in [-0.39, 0.29) is 6.29 Å². The molecule has 0 unspecified atom stereocenters. The van der Waals surface area contributed by atoms with Gasteiger partial charge in [-0.05, 0) is 12.8 Å². The summed E-state index contributed by atoms with van der Waals surface area (Å²) >= 11 is 0. The average molecular weight is 144 g/mol. The van der Waals surface area contributed by atoms with Gasteiger partial charge in [0.15, 0.2) is 6.29 Å². The molecule has 0 aliphatic carbocycles. The van der Waals surface area contributed by atoms with Gasteiger partial charge in [-0.25, -0.2) is 0 Å². The summed E-state index contributed by atoms with van der Waals surface area (Å²) in [4.78, 5) is 0. The molecule has 1 saturated heterocycles. The molecule has 0 spiro atoms. The van der Waals surface area contributed by atoms with Crippen molar-refractivity contribution < 1.29 is 9.47 Å². The highest BCUT2D eigenvalue weighted by Gasteiger charge is 2.23. The Morgan fingerprint density at radius 1 is 1.20 bits per heavy atom. The Bertz CT molecular complexity index is 83.3. The zero-order chi connectivity index (χ0) is 7.40. The van der Waals surface area contributed by atoms with E-state index < -0.39 is 0 Å². The minimum absolute atomic E-state index is 0.0926. The minimum Gasteiger partial charge on any atom is -0.350 e. The van der Waals surface area contributed by atoms with E-state index >= 15 is 0 Å². The van der Waals surface area contributed by atoms with Crippen molar-refractivity contribution in [2.45, 2.75) is 33.0 Å². The fourth-order valence-corrected chi connectivity index (χ4v) is 1.32. The molecular weight excluding hydrogens is 128 g/mol. The summed E-state index contributed by atoms with van der Waals surface area (Å²) in [5.74, 6) is 0.600. The topological polar surface area (TPSA) is 18.5 Å². The molecule has 1 rings (SSSR count). The summed E-state index contributed by atoms with van der Waals surface area (Å²) in [5, 5.41) is 0. The predicted molar refractivity (Wildman–Crippen MR) is 39.8 cm³/mol. The van der Waals surface area contributed by atoms with Crippen molar-refractivity contribution in [3.05, 3.63) is 0 Å². The van der Waals surface area contributed by atoms with Crippen LogP contribution in [-0.4, -0.2) is 19.5 Å². The molecule has 10 heavy (non-hydrogen) atoms. The van der Waals surface area contributed by atoms with Crippen LogP contribution in [0.1, 0.15) is 26.7 Å². The molecule has 1 aliphatic heterocycles. The first kappa shape index (κ1) is 8.02. The van der Waals surface area contributed by atoms with Crippen LogP contribution in [0.25, 0.3) is 0 Å². The monoisotopic (exact) mass is 144 g/mol. The van der Waals surface area contributed by atoms with Crippen LogP contribution in [0.15, 0.2) is 0 Å². The molecule has 2 nitrogen and oxygen atoms in total. The van der Waals surface area contributed by atoms with Crippen molar-refractivity contribution in [1.82, 2.24) is 0 Å². The minimum atomic E-state index is 0.0926. The molecule has 0 radical (unpaired) electrons. The Balaban J connectivity index is 2.29.